The number of aromatic nitrogens is 3. The van der Waals surface area contributed by atoms with E-state index in [-0.39, 0.29) is 36.7 Å². The molecule has 214 valence electrons. The normalized spacial score (nSPS) is 12.5. The number of amides is 2. The van der Waals surface area contributed by atoms with Crippen molar-refractivity contribution in [2.24, 2.45) is 7.05 Å². The highest BCUT2D eigenvalue weighted by atomic mass is 32.2. The van der Waals surface area contributed by atoms with Gasteiger partial charge in [-0.05, 0) is 68.9 Å². The molecule has 1 aliphatic rings. The van der Waals surface area contributed by atoms with Crippen molar-refractivity contribution in [1.82, 2.24) is 20.1 Å². The van der Waals surface area contributed by atoms with Crippen molar-refractivity contribution in [3.63, 3.8) is 0 Å². The number of aryl methyl sites for hydroxylation is 1. The zero-order valence-electron chi connectivity index (χ0n) is 23.1. The minimum atomic E-state index is -0.388. The number of anilines is 1. The number of nitrogens with one attached hydrogen (secondary N) is 2. The minimum Gasteiger partial charge on any atom is -0.494 e. The Bertz CT molecular complexity index is 1340. The van der Waals surface area contributed by atoms with Crippen LogP contribution in [0.5, 0.6) is 5.75 Å². The van der Waals surface area contributed by atoms with Crippen molar-refractivity contribution in [2.45, 2.75) is 64.1 Å². The molecule has 0 saturated carbocycles. The number of hydrogen-bond donors (Lipinski definition) is 2. The second-order valence-corrected chi connectivity index (χ2v) is 11.4. The molecule has 12 heteroatoms. The molecule has 3 aromatic rings. The Kier molecular flexibility index (Phi) is 10.6. The number of carbonyl (C=O) groups is 3. The fourth-order valence-electron chi connectivity index (χ4n) is 4.29. The van der Waals surface area contributed by atoms with Crippen LogP contribution in [0.1, 0.15) is 76.5 Å². The average molecular weight is 586 g/mol. The number of benzene rings is 1. The number of thioether (sulfide) groups is 1. The van der Waals surface area contributed by atoms with Crippen LogP contribution >= 0.6 is 23.1 Å². The number of carbonyl (C=O) groups excluding carboxylic acids is 3. The second-order valence-electron chi connectivity index (χ2n) is 9.34. The van der Waals surface area contributed by atoms with E-state index in [1.165, 1.54) is 23.1 Å². The molecule has 0 atom stereocenters. The highest BCUT2D eigenvalue weighted by molar-refractivity contribution is 7.99. The van der Waals surface area contributed by atoms with Crippen molar-refractivity contribution >= 4 is 45.9 Å². The maximum Gasteiger partial charge on any atom is 0.341 e. The van der Waals surface area contributed by atoms with Crippen LogP contribution in [-0.2, 0) is 36.0 Å². The lowest BCUT2D eigenvalue weighted by Gasteiger charge is -2.12. The number of fused-ring (bicyclic) bond motifs is 1. The van der Waals surface area contributed by atoms with Gasteiger partial charge in [-0.15, -0.1) is 21.5 Å². The van der Waals surface area contributed by atoms with Crippen LogP contribution in [0.25, 0.3) is 0 Å². The highest BCUT2D eigenvalue weighted by Crippen LogP contribution is 2.38. The predicted molar refractivity (Wildman–Crippen MR) is 155 cm³/mol. The topological polar surface area (TPSA) is 124 Å². The van der Waals surface area contributed by atoms with E-state index in [2.05, 4.69) is 27.8 Å². The van der Waals surface area contributed by atoms with Gasteiger partial charge in [-0.25, -0.2) is 4.79 Å². The number of esters is 1. The zero-order valence-corrected chi connectivity index (χ0v) is 24.7. The maximum atomic E-state index is 12.8. The summed E-state index contributed by atoms with van der Waals surface area (Å²) in [5.74, 6) is 0.532. The molecular formula is C28H35N5O5S2. The summed E-state index contributed by atoms with van der Waals surface area (Å²) in [7, 11) is 1.79. The monoisotopic (exact) mass is 585 g/mol. The third-order valence-electron chi connectivity index (χ3n) is 6.45. The van der Waals surface area contributed by atoms with Crippen molar-refractivity contribution in [3.8, 4) is 5.75 Å². The summed E-state index contributed by atoms with van der Waals surface area (Å²) in [6.45, 7) is 5.00. The first kappa shape index (κ1) is 29.6. The smallest absolute Gasteiger partial charge is 0.341 e. The molecule has 4 rings (SSSR count). The average Bonchev–Trinajstić information content (AvgIpc) is 3.50. The summed E-state index contributed by atoms with van der Waals surface area (Å²) in [5.41, 5.74) is 2.03. The Balaban J connectivity index is 1.30. The van der Waals surface area contributed by atoms with E-state index in [9.17, 15) is 14.4 Å². The number of nitrogens with zero attached hydrogens (tertiary/aromatic N) is 3. The Hall–Kier alpha value is -3.38. The number of unbranched alkanes of at least 4 members (excludes halogenated alkanes) is 1. The van der Waals surface area contributed by atoms with E-state index in [1.54, 1.807) is 42.8 Å². The zero-order chi connectivity index (χ0) is 28.5. The molecule has 2 amide bonds. The summed E-state index contributed by atoms with van der Waals surface area (Å²) in [4.78, 5) is 39.2. The van der Waals surface area contributed by atoms with E-state index in [1.807, 2.05) is 0 Å². The van der Waals surface area contributed by atoms with E-state index in [0.29, 0.717) is 33.7 Å². The summed E-state index contributed by atoms with van der Waals surface area (Å²) < 4.78 is 12.7. The van der Waals surface area contributed by atoms with Crippen LogP contribution in [0, 0.1) is 0 Å². The molecule has 0 bridgehead atoms. The number of rotatable bonds is 13. The van der Waals surface area contributed by atoms with Gasteiger partial charge in [0.15, 0.2) is 11.0 Å². The lowest BCUT2D eigenvalue weighted by atomic mass is 9.95. The van der Waals surface area contributed by atoms with Gasteiger partial charge in [0, 0.05) is 17.5 Å². The second kappa shape index (κ2) is 14.3. The largest absolute Gasteiger partial charge is 0.494 e. The molecule has 0 unspecified atom stereocenters. The lowest BCUT2D eigenvalue weighted by molar-refractivity contribution is -0.113. The Morgan fingerprint density at radius 2 is 1.88 bits per heavy atom. The van der Waals surface area contributed by atoms with E-state index >= 15 is 0 Å². The van der Waals surface area contributed by atoms with Gasteiger partial charge in [-0.2, -0.15) is 0 Å². The fraction of sp³-hybridized carbons (Fsp3) is 0.464. The standard InChI is InChI=1S/C28H35N5O5S2/c1-4-6-15-38-19-13-11-18(12-14-19)25(35)29-16-22-31-32-28(33(22)3)39-17-23(34)30-26-24(27(36)37-5-2)20-9-7-8-10-21(20)40-26/h11-14H,4-10,15-17H2,1-3H3,(H,29,35)(H,30,34). The van der Waals surface area contributed by atoms with Crippen LogP contribution in [-0.4, -0.2) is 51.5 Å². The number of ether oxygens (including phenoxy) is 2. The van der Waals surface area contributed by atoms with Gasteiger partial charge in [0.2, 0.25) is 5.91 Å². The van der Waals surface area contributed by atoms with Gasteiger partial charge in [0.1, 0.15) is 10.8 Å². The van der Waals surface area contributed by atoms with Crippen molar-refractivity contribution in [2.75, 3.05) is 24.3 Å². The Morgan fingerprint density at radius 3 is 2.62 bits per heavy atom. The molecule has 0 radical (unpaired) electrons. The molecule has 2 N–H and O–H groups in total. The van der Waals surface area contributed by atoms with Gasteiger partial charge >= 0.3 is 5.97 Å². The molecule has 40 heavy (non-hydrogen) atoms. The molecule has 10 nitrogen and oxygen atoms in total. The van der Waals surface area contributed by atoms with Crippen LogP contribution in [0.4, 0.5) is 5.00 Å². The van der Waals surface area contributed by atoms with Crippen LogP contribution in [0.2, 0.25) is 0 Å². The summed E-state index contributed by atoms with van der Waals surface area (Å²) in [6, 6.07) is 7.02. The molecule has 0 fully saturated rings. The lowest BCUT2D eigenvalue weighted by Crippen LogP contribution is -2.24. The third kappa shape index (κ3) is 7.42. The van der Waals surface area contributed by atoms with Gasteiger partial charge < -0.3 is 24.7 Å². The van der Waals surface area contributed by atoms with Crippen molar-refractivity contribution in [1.29, 1.82) is 0 Å². The van der Waals surface area contributed by atoms with Gasteiger partial charge in [-0.1, -0.05) is 25.1 Å². The SMILES string of the molecule is CCCCOc1ccc(C(=O)NCc2nnc(SCC(=O)Nc3sc4c(c3C(=O)OCC)CCCC4)n2C)cc1. The quantitative estimate of drug-likeness (QED) is 0.167. The Labute approximate surface area is 242 Å². The van der Waals surface area contributed by atoms with Crippen molar-refractivity contribution < 1.29 is 23.9 Å². The highest BCUT2D eigenvalue weighted by Gasteiger charge is 2.27. The molecular weight excluding hydrogens is 550 g/mol. The van der Waals surface area contributed by atoms with E-state index in [0.717, 1.165) is 54.7 Å². The third-order valence-corrected chi connectivity index (χ3v) is 8.68. The van der Waals surface area contributed by atoms with Crippen molar-refractivity contribution in [3.05, 3.63) is 51.7 Å². The van der Waals surface area contributed by atoms with Crippen LogP contribution in [0.3, 0.4) is 0 Å². The van der Waals surface area contributed by atoms with Gasteiger partial charge in [0.05, 0.1) is 31.1 Å². The number of thiophene rings is 1. The first-order chi connectivity index (χ1) is 19.4. The maximum absolute atomic E-state index is 12.8. The molecule has 2 aromatic heterocycles. The summed E-state index contributed by atoms with van der Waals surface area (Å²) >= 11 is 2.70. The fourth-order valence-corrected chi connectivity index (χ4v) is 6.31. The Morgan fingerprint density at radius 1 is 1.10 bits per heavy atom. The summed E-state index contributed by atoms with van der Waals surface area (Å²) in [6.07, 6.45) is 5.88. The molecule has 1 aliphatic carbocycles. The van der Waals surface area contributed by atoms with E-state index < -0.39 is 0 Å². The van der Waals surface area contributed by atoms with Gasteiger partial charge in [0.25, 0.3) is 5.91 Å². The first-order valence-electron chi connectivity index (χ1n) is 13.5. The van der Waals surface area contributed by atoms with E-state index in [4.69, 9.17) is 9.47 Å². The molecule has 0 saturated heterocycles. The summed E-state index contributed by atoms with van der Waals surface area (Å²) in [5, 5.41) is 15.2. The first-order valence-corrected chi connectivity index (χ1v) is 15.3. The molecule has 0 spiro atoms. The minimum absolute atomic E-state index is 0.0931. The molecule has 1 aromatic carbocycles. The van der Waals surface area contributed by atoms with Crippen LogP contribution < -0.4 is 15.4 Å². The number of hydrogen-bond acceptors (Lipinski definition) is 9. The predicted octanol–water partition coefficient (Wildman–Crippen LogP) is 4.77. The molecule has 2 heterocycles. The van der Waals surface area contributed by atoms with Gasteiger partial charge in [-0.3, -0.25) is 9.59 Å². The van der Waals surface area contributed by atoms with Crippen LogP contribution in [0.15, 0.2) is 29.4 Å². The molecule has 0 aliphatic heterocycles.